The van der Waals surface area contributed by atoms with Gasteiger partial charge in [0.05, 0.1) is 5.69 Å². The average Bonchev–Trinajstić information content (AvgIpc) is 2.71. The topological polar surface area (TPSA) is 66.5 Å². The second kappa shape index (κ2) is 5.88. The number of likely N-dealkylation sites (tertiary alicyclic amines) is 1. The minimum Gasteiger partial charge on any atom is -0.324 e. The lowest BCUT2D eigenvalue weighted by Crippen LogP contribution is -2.36. The Bertz CT molecular complexity index is 514. The monoisotopic (exact) mass is 278 g/mol. The van der Waals surface area contributed by atoms with Crippen LogP contribution in [0.2, 0.25) is 0 Å². The molecule has 1 heterocycles. The molecule has 0 spiro atoms. The van der Waals surface area contributed by atoms with E-state index in [0.717, 1.165) is 9.80 Å². The van der Waals surface area contributed by atoms with Crippen LogP contribution >= 0.6 is 11.8 Å². The molecular formula is C13H14N2O3S. The Hall–Kier alpha value is -1.82. The largest absolute Gasteiger partial charge is 0.324 e. The first-order valence-electron chi connectivity index (χ1n) is 5.88. The number of carbonyl (C=O) groups excluding carboxylic acids is 3. The zero-order chi connectivity index (χ0) is 13.8. The van der Waals surface area contributed by atoms with Crippen LogP contribution in [0, 0.1) is 0 Å². The first kappa shape index (κ1) is 13.6. The van der Waals surface area contributed by atoms with Gasteiger partial charge in [0.25, 0.3) is 0 Å². The first-order chi connectivity index (χ1) is 9.11. The number of para-hydroxylation sites is 1. The lowest BCUT2D eigenvalue weighted by molar-refractivity contribution is -0.141. The highest BCUT2D eigenvalue weighted by atomic mass is 32.2. The molecule has 1 aliphatic rings. The molecule has 0 unspecified atom stereocenters. The summed E-state index contributed by atoms with van der Waals surface area (Å²) in [4.78, 5) is 36.6. The molecule has 0 saturated carbocycles. The summed E-state index contributed by atoms with van der Waals surface area (Å²) in [6, 6.07) is 7.39. The molecule has 3 amide bonds. The Morgan fingerprint density at radius 2 is 1.89 bits per heavy atom. The summed E-state index contributed by atoms with van der Waals surface area (Å²) in [5, 5.41) is 2.72. The maximum absolute atomic E-state index is 11.9. The highest BCUT2D eigenvalue weighted by Gasteiger charge is 2.30. The van der Waals surface area contributed by atoms with Crippen LogP contribution in [0.5, 0.6) is 0 Å². The number of rotatable bonds is 4. The Morgan fingerprint density at radius 1 is 1.26 bits per heavy atom. The van der Waals surface area contributed by atoms with Gasteiger partial charge in [-0.05, 0) is 18.4 Å². The zero-order valence-electron chi connectivity index (χ0n) is 10.5. The molecular weight excluding hydrogens is 264 g/mol. The molecule has 100 valence electrons. The summed E-state index contributed by atoms with van der Waals surface area (Å²) in [7, 11) is 0. The number of thioether (sulfide) groups is 1. The van der Waals surface area contributed by atoms with Crippen LogP contribution in [-0.4, -0.2) is 35.4 Å². The van der Waals surface area contributed by atoms with E-state index in [-0.39, 0.29) is 37.1 Å². The molecule has 19 heavy (non-hydrogen) atoms. The van der Waals surface area contributed by atoms with E-state index in [1.54, 1.807) is 6.07 Å². The van der Waals surface area contributed by atoms with Crippen LogP contribution in [-0.2, 0) is 14.4 Å². The minimum absolute atomic E-state index is 0.202. The number of imide groups is 1. The fourth-order valence-electron chi connectivity index (χ4n) is 1.88. The summed E-state index contributed by atoms with van der Waals surface area (Å²) >= 11 is 1.52. The van der Waals surface area contributed by atoms with Gasteiger partial charge >= 0.3 is 0 Å². The van der Waals surface area contributed by atoms with E-state index in [1.807, 2.05) is 24.5 Å². The highest BCUT2D eigenvalue weighted by Crippen LogP contribution is 2.24. The zero-order valence-corrected chi connectivity index (χ0v) is 11.3. The molecule has 1 fully saturated rings. The molecule has 1 aromatic carbocycles. The Morgan fingerprint density at radius 3 is 2.53 bits per heavy atom. The van der Waals surface area contributed by atoms with E-state index in [0.29, 0.717) is 5.69 Å². The van der Waals surface area contributed by atoms with Gasteiger partial charge in [0.2, 0.25) is 17.7 Å². The lowest BCUT2D eigenvalue weighted by Gasteiger charge is -2.14. The molecule has 0 bridgehead atoms. The normalized spacial score (nSPS) is 14.9. The Labute approximate surface area is 115 Å². The number of hydrogen-bond acceptors (Lipinski definition) is 4. The van der Waals surface area contributed by atoms with Gasteiger partial charge in [-0.25, -0.2) is 0 Å². The third-order valence-corrected chi connectivity index (χ3v) is 3.63. The van der Waals surface area contributed by atoms with Gasteiger partial charge in [-0.15, -0.1) is 11.8 Å². The average molecular weight is 278 g/mol. The van der Waals surface area contributed by atoms with Crippen molar-refractivity contribution in [2.45, 2.75) is 17.7 Å². The van der Waals surface area contributed by atoms with Crippen LogP contribution in [0.15, 0.2) is 29.2 Å². The van der Waals surface area contributed by atoms with Gasteiger partial charge in [0.15, 0.2) is 0 Å². The number of nitrogens with zero attached hydrogens (tertiary/aromatic N) is 1. The number of anilines is 1. The molecule has 1 N–H and O–H groups in total. The molecule has 0 atom stereocenters. The molecule has 2 rings (SSSR count). The fraction of sp³-hybridized carbons (Fsp3) is 0.308. The molecule has 1 aliphatic heterocycles. The van der Waals surface area contributed by atoms with E-state index < -0.39 is 0 Å². The maximum atomic E-state index is 11.9. The van der Waals surface area contributed by atoms with Crippen LogP contribution < -0.4 is 5.32 Å². The molecule has 5 nitrogen and oxygen atoms in total. The van der Waals surface area contributed by atoms with Gasteiger partial charge in [-0.1, -0.05) is 12.1 Å². The van der Waals surface area contributed by atoms with Crippen LogP contribution in [0.4, 0.5) is 5.69 Å². The van der Waals surface area contributed by atoms with Crippen molar-refractivity contribution < 1.29 is 14.4 Å². The van der Waals surface area contributed by atoms with Crippen molar-refractivity contribution in [3.8, 4) is 0 Å². The number of nitrogens with one attached hydrogen (secondary N) is 1. The van der Waals surface area contributed by atoms with Crippen molar-refractivity contribution in [3.05, 3.63) is 24.3 Å². The Balaban J connectivity index is 2.01. The van der Waals surface area contributed by atoms with Crippen molar-refractivity contribution in [2.24, 2.45) is 0 Å². The van der Waals surface area contributed by atoms with Crippen LogP contribution in [0.3, 0.4) is 0 Å². The van der Waals surface area contributed by atoms with E-state index in [9.17, 15) is 14.4 Å². The minimum atomic E-state index is -0.356. The predicted octanol–water partition coefficient (Wildman–Crippen LogP) is 1.50. The summed E-state index contributed by atoms with van der Waals surface area (Å²) in [6.45, 7) is -0.208. The maximum Gasteiger partial charge on any atom is 0.244 e. The van der Waals surface area contributed by atoms with Gasteiger partial charge in [0, 0.05) is 17.7 Å². The molecule has 1 aromatic rings. The summed E-state index contributed by atoms with van der Waals surface area (Å²) in [6.07, 6.45) is 2.32. The second-order valence-corrected chi connectivity index (χ2v) is 4.97. The van der Waals surface area contributed by atoms with Gasteiger partial charge in [-0.3, -0.25) is 19.3 Å². The standard InChI is InChI=1S/C13H14N2O3S/c1-19-10-5-3-2-4-9(10)14-11(16)8-15-12(17)6-7-13(15)18/h2-5H,6-8H2,1H3,(H,14,16). The van der Waals surface area contributed by atoms with Gasteiger partial charge in [0.1, 0.15) is 6.54 Å². The second-order valence-electron chi connectivity index (χ2n) is 4.12. The van der Waals surface area contributed by atoms with Crippen LogP contribution in [0.1, 0.15) is 12.8 Å². The highest BCUT2D eigenvalue weighted by molar-refractivity contribution is 7.98. The van der Waals surface area contributed by atoms with E-state index in [2.05, 4.69) is 5.32 Å². The number of benzene rings is 1. The molecule has 0 aromatic heterocycles. The SMILES string of the molecule is CSc1ccccc1NC(=O)CN1C(=O)CCC1=O. The van der Waals surface area contributed by atoms with E-state index in [1.165, 1.54) is 11.8 Å². The molecule has 1 saturated heterocycles. The number of hydrogen-bond donors (Lipinski definition) is 1. The van der Waals surface area contributed by atoms with E-state index in [4.69, 9.17) is 0 Å². The molecule has 0 aliphatic carbocycles. The molecule has 0 radical (unpaired) electrons. The molecule has 6 heteroatoms. The third-order valence-electron chi connectivity index (χ3n) is 2.84. The lowest BCUT2D eigenvalue weighted by atomic mass is 10.3. The van der Waals surface area contributed by atoms with Crippen molar-refractivity contribution in [1.82, 2.24) is 4.90 Å². The van der Waals surface area contributed by atoms with Crippen molar-refractivity contribution in [1.29, 1.82) is 0 Å². The number of amides is 3. The van der Waals surface area contributed by atoms with Gasteiger partial charge < -0.3 is 5.32 Å². The predicted molar refractivity (Wildman–Crippen MR) is 72.8 cm³/mol. The summed E-state index contributed by atoms with van der Waals surface area (Å²) in [5.41, 5.74) is 0.694. The first-order valence-corrected chi connectivity index (χ1v) is 7.10. The van der Waals surface area contributed by atoms with Gasteiger partial charge in [-0.2, -0.15) is 0 Å². The van der Waals surface area contributed by atoms with Crippen LogP contribution in [0.25, 0.3) is 0 Å². The quantitative estimate of drug-likeness (QED) is 0.669. The Kier molecular flexibility index (Phi) is 4.21. The third kappa shape index (κ3) is 3.14. The fourth-order valence-corrected chi connectivity index (χ4v) is 2.43. The van der Waals surface area contributed by atoms with Crippen molar-refractivity contribution in [2.75, 3.05) is 18.1 Å². The summed E-state index contributed by atoms with van der Waals surface area (Å²) < 4.78 is 0. The van der Waals surface area contributed by atoms with Crippen molar-refractivity contribution in [3.63, 3.8) is 0 Å². The van der Waals surface area contributed by atoms with Crippen molar-refractivity contribution >= 4 is 35.2 Å². The smallest absolute Gasteiger partial charge is 0.244 e. The summed E-state index contributed by atoms with van der Waals surface area (Å²) in [5.74, 6) is -0.915. The van der Waals surface area contributed by atoms with E-state index >= 15 is 0 Å². The number of carbonyl (C=O) groups is 3.